The van der Waals surface area contributed by atoms with Crippen molar-refractivity contribution in [2.24, 2.45) is 4.99 Å². The number of hydrogen-bond acceptors (Lipinski definition) is 5. The Morgan fingerprint density at radius 3 is 2.92 bits per heavy atom. The minimum atomic E-state index is 0. The summed E-state index contributed by atoms with van der Waals surface area (Å²) in [5, 5.41) is 6.72. The van der Waals surface area contributed by atoms with Crippen LogP contribution < -0.4 is 10.6 Å². The van der Waals surface area contributed by atoms with Crippen LogP contribution in [0.4, 0.5) is 0 Å². The van der Waals surface area contributed by atoms with Crippen LogP contribution in [0.15, 0.2) is 4.99 Å². The molecule has 0 spiro atoms. The van der Waals surface area contributed by atoms with Crippen molar-refractivity contribution in [3.05, 3.63) is 0 Å². The number of nitrogens with one attached hydrogen (secondary N) is 2. The molecule has 2 N–H and O–H groups in total. The molecule has 3 aliphatic rings. The van der Waals surface area contributed by atoms with E-state index in [0.717, 1.165) is 64.9 Å². The average molecular weight is 482 g/mol. The third kappa shape index (κ3) is 7.10. The lowest BCUT2D eigenvalue weighted by Gasteiger charge is -2.35. The van der Waals surface area contributed by atoms with E-state index in [-0.39, 0.29) is 30.1 Å². The van der Waals surface area contributed by atoms with Crippen molar-refractivity contribution >= 4 is 29.9 Å². The summed E-state index contributed by atoms with van der Waals surface area (Å²) in [7, 11) is 1.81. The van der Waals surface area contributed by atoms with Crippen molar-refractivity contribution in [2.45, 2.75) is 50.4 Å². The summed E-state index contributed by atoms with van der Waals surface area (Å²) < 4.78 is 17.2. The van der Waals surface area contributed by atoms with E-state index in [2.05, 4.69) is 20.5 Å². The fourth-order valence-corrected chi connectivity index (χ4v) is 3.81. The topological polar surface area (TPSA) is 67.4 Å². The molecule has 3 aliphatic heterocycles. The maximum atomic E-state index is 5.97. The molecule has 3 heterocycles. The van der Waals surface area contributed by atoms with E-state index in [1.165, 1.54) is 25.8 Å². The summed E-state index contributed by atoms with van der Waals surface area (Å²) in [6.45, 7) is 7.16. The Labute approximate surface area is 174 Å². The van der Waals surface area contributed by atoms with Gasteiger partial charge in [0.05, 0.1) is 25.4 Å². The Balaban J connectivity index is 0.00000243. The van der Waals surface area contributed by atoms with E-state index in [0.29, 0.717) is 12.1 Å². The van der Waals surface area contributed by atoms with Crippen molar-refractivity contribution in [1.82, 2.24) is 15.5 Å². The minimum Gasteiger partial charge on any atom is -0.379 e. The number of guanidine groups is 1. The number of hydrogen-bond donors (Lipinski definition) is 2. The molecule has 0 amide bonds. The highest BCUT2D eigenvalue weighted by atomic mass is 127. The van der Waals surface area contributed by atoms with Gasteiger partial charge >= 0.3 is 0 Å². The Kier molecular flexibility index (Phi) is 10.5. The molecule has 3 rings (SSSR count). The summed E-state index contributed by atoms with van der Waals surface area (Å²) in [6, 6.07) is 0.656. The van der Waals surface area contributed by atoms with Gasteiger partial charge in [0.25, 0.3) is 0 Å². The lowest BCUT2D eigenvalue weighted by molar-refractivity contribution is -0.0453. The second kappa shape index (κ2) is 12.3. The molecule has 0 bridgehead atoms. The highest BCUT2D eigenvalue weighted by Crippen LogP contribution is 2.22. The van der Waals surface area contributed by atoms with Gasteiger partial charge in [-0.3, -0.25) is 9.89 Å². The highest BCUT2D eigenvalue weighted by molar-refractivity contribution is 14.0. The molecule has 3 unspecified atom stereocenters. The summed E-state index contributed by atoms with van der Waals surface area (Å²) >= 11 is 0. The number of nitrogens with zero attached hydrogens (tertiary/aromatic N) is 2. The Morgan fingerprint density at radius 2 is 2.12 bits per heavy atom. The zero-order valence-electron chi connectivity index (χ0n) is 16.0. The van der Waals surface area contributed by atoms with Gasteiger partial charge in [-0.05, 0) is 38.6 Å². The van der Waals surface area contributed by atoms with Crippen LogP contribution in [0.3, 0.4) is 0 Å². The quantitative estimate of drug-likeness (QED) is 0.235. The summed E-state index contributed by atoms with van der Waals surface area (Å²) in [6.07, 6.45) is 6.43. The van der Waals surface area contributed by atoms with Crippen LogP contribution in [-0.2, 0) is 14.2 Å². The van der Waals surface area contributed by atoms with Crippen LogP contribution >= 0.6 is 24.0 Å². The van der Waals surface area contributed by atoms with Gasteiger partial charge in [0.1, 0.15) is 0 Å². The highest BCUT2D eigenvalue weighted by Gasteiger charge is 2.32. The van der Waals surface area contributed by atoms with Gasteiger partial charge in [-0.1, -0.05) is 0 Å². The van der Waals surface area contributed by atoms with Crippen molar-refractivity contribution in [3.63, 3.8) is 0 Å². The monoisotopic (exact) mass is 482 g/mol. The smallest absolute Gasteiger partial charge is 0.191 e. The second-order valence-corrected chi connectivity index (χ2v) is 7.19. The van der Waals surface area contributed by atoms with Crippen molar-refractivity contribution in [2.75, 3.05) is 59.7 Å². The Bertz CT molecular complexity index is 421. The molecule has 0 aliphatic carbocycles. The predicted octanol–water partition coefficient (Wildman–Crippen LogP) is 1.22. The molecule has 26 heavy (non-hydrogen) atoms. The van der Waals surface area contributed by atoms with Crippen LogP contribution in [0.25, 0.3) is 0 Å². The molecule has 0 aromatic carbocycles. The normalized spacial score (nSPS) is 29.3. The van der Waals surface area contributed by atoms with E-state index in [1.54, 1.807) is 0 Å². The van der Waals surface area contributed by atoms with Gasteiger partial charge in [0.2, 0.25) is 0 Å². The molecule has 8 heteroatoms. The Morgan fingerprint density at radius 1 is 1.19 bits per heavy atom. The van der Waals surface area contributed by atoms with E-state index in [1.807, 2.05) is 7.05 Å². The van der Waals surface area contributed by atoms with Crippen LogP contribution in [0.2, 0.25) is 0 Å². The van der Waals surface area contributed by atoms with Gasteiger partial charge in [0.15, 0.2) is 5.96 Å². The molecule has 3 fully saturated rings. The predicted molar refractivity (Wildman–Crippen MR) is 114 cm³/mol. The van der Waals surface area contributed by atoms with E-state index >= 15 is 0 Å². The molecule has 3 atom stereocenters. The van der Waals surface area contributed by atoms with Crippen molar-refractivity contribution < 1.29 is 14.2 Å². The maximum absolute atomic E-state index is 5.97. The maximum Gasteiger partial charge on any atom is 0.191 e. The molecular formula is C18H35IN4O3. The first-order chi connectivity index (χ1) is 12.3. The Hall–Kier alpha value is -0.160. The number of aliphatic imine (C=N–C) groups is 1. The summed E-state index contributed by atoms with van der Waals surface area (Å²) in [5.41, 5.74) is 0. The third-order valence-corrected chi connectivity index (χ3v) is 5.27. The molecule has 7 nitrogen and oxygen atoms in total. The molecule has 0 radical (unpaired) electrons. The first kappa shape index (κ1) is 22.1. The molecule has 152 valence electrons. The molecule has 0 aromatic rings. The van der Waals surface area contributed by atoms with Crippen LogP contribution in [-0.4, -0.2) is 88.8 Å². The summed E-state index contributed by atoms with van der Waals surface area (Å²) in [5.74, 6) is 0.839. The minimum absolute atomic E-state index is 0. The largest absolute Gasteiger partial charge is 0.379 e. The van der Waals surface area contributed by atoms with Gasteiger partial charge in [-0.25, -0.2) is 0 Å². The zero-order valence-corrected chi connectivity index (χ0v) is 18.3. The van der Waals surface area contributed by atoms with Crippen LogP contribution in [0.1, 0.15) is 32.1 Å². The molecular weight excluding hydrogens is 447 g/mol. The van der Waals surface area contributed by atoms with Gasteiger partial charge in [-0.15, -0.1) is 24.0 Å². The van der Waals surface area contributed by atoms with E-state index in [9.17, 15) is 0 Å². The molecule has 0 aromatic heterocycles. The fourth-order valence-electron chi connectivity index (χ4n) is 3.81. The number of fused-ring (bicyclic) bond motifs is 1. The number of ether oxygens (including phenoxy) is 3. The first-order valence-corrected chi connectivity index (χ1v) is 9.84. The van der Waals surface area contributed by atoms with Crippen LogP contribution in [0, 0.1) is 0 Å². The fraction of sp³-hybridized carbons (Fsp3) is 0.944. The van der Waals surface area contributed by atoms with E-state index < -0.39 is 0 Å². The van der Waals surface area contributed by atoms with Crippen LogP contribution in [0.5, 0.6) is 0 Å². The van der Waals surface area contributed by atoms with E-state index in [4.69, 9.17) is 14.2 Å². The summed E-state index contributed by atoms with van der Waals surface area (Å²) in [4.78, 5) is 6.85. The van der Waals surface area contributed by atoms with Gasteiger partial charge in [0, 0.05) is 45.9 Å². The number of rotatable bonds is 8. The van der Waals surface area contributed by atoms with Gasteiger partial charge in [-0.2, -0.15) is 0 Å². The zero-order chi connectivity index (χ0) is 17.3. The number of halogens is 1. The molecule has 3 saturated heterocycles. The first-order valence-electron chi connectivity index (χ1n) is 9.84. The van der Waals surface area contributed by atoms with Gasteiger partial charge < -0.3 is 24.8 Å². The second-order valence-electron chi connectivity index (χ2n) is 7.19. The standard InChI is InChI=1S/C18H34N4O3.HI/c1-19-18(20-7-4-9-23-14-16-6-3-10-24-16)21-11-17-12-22-8-2-5-15(22)13-25-17;/h15-17H,2-14H2,1H3,(H2,19,20,21);1H. The third-order valence-electron chi connectivity index (χ3n) is 5.27. The lowest BCUT2D eigenvalue weighted by Crippen LogP contribution is -2.51. The average Bonchev–Trinajstić information content (AvgIpc) is 3.31. The van der Waals surface area contributed by atoms with Crippen molar-refractivity contribution in [1.29, 1.82) is 0 Å². The number of morpholine rings is 1. The SMILES string of the molecule is CN=C(NCCCOCC1CCCO1)NCC1CN2CCCC2CO1.I. The van der Waals surface area contributed by atoms with Crippen molar-refractivity contribution in [3.8, 4) is 0 Å². The lowest BCUT2D eigenvalue weighted by atomic mass is 10.2. The molecule has 0 saturated carbocycles.